The summed E-state index contributed by atoms with van der Waals surface area (Å²) in [6.07, 6.45) is 9.54. The summed E-state index contributed by atoms with van der Waals surface area (Å²) in [7, 11) is 0. The predicted octanol–water partition coefficient (Wildman–Crippen LogP) is 3.72. The van der Waals surface area contributed by atoms with Crippen LogP contribution in [0.3, 0.4) is 0 Å². The fourth-order valence-electron chi connectivity index (χ4n) is 6.43. The van der Waals surface area contributed by atoms with E-state index in [1.807, 2.05) is 12.1 Å². The van der Waals surface area contributed by atoms with Gasteiger partial charge in [0.1, 0.15) is 11.9 Å². The zero-order chi connectivity index (χ0) is 19.4. The monoisotopic (exact) mass is 387 g/mol. The van der Waals surface area contributed by atoms with Gasteiger partial charge in [-0.15, -0.1) is 0 Å². The number of furan rings is 1. The Balaban J connectivity index is 1.21. The van der Waals surface area contributed by atoms with Crippen LogP contribution in [0, 0.1) is 23.2 Å². The van der Waals surface area contributed by atoms with Gasteiger partial charge < -0.3 is 19.2 Å². The molecule has 1 spiro atoms. The number of rotatable bonds is 6. The van der Waals surface area contributed by atoms with Crippen molar-refractivity contribution in [3.63, 3.8) is 0 Å². The first-order valence-corrected chi connectivity index (χ1v) is 11.1. The normalized spacial score (nSPS) is 42.7. The minimum atomic E-state index is -0.0154. The molecule has 2 aliphatic heterocycles. The van der Waals surface area contributed by atoms with Crippen LogP contribution in [0.1, 0.15) is 58.1 Å². The summed E-state index contributed by atoms with van der Waals surface area (Å²) < 4.78 is 17.3. The largest absolute Gasteiger partial charge is 0.469 e. The van der Waals surface area contributed by atoms with Gasteiger partial charge in [0.2, 0.25) is 0 Å². The van der Waals surface area contributed by atoms with Crippen LogP contribution in [0.25, 0.3) is 0 Å². The van der Waals surface area contributed by atoms with Gasteiger partial charge in [-0.3, -0.25) is 4.79 Å². The minimum Gasteiger partial charge on any atom is -0.469 e. The van der Waals surface area contributed by atoms with Gasteiger partial charge >= 0.3 is 5.97 Å². The van der Waals surface area contributed by atoms with Crippen molar-refractivity contribution < 1.29 is 18.7 Å². The van der Waals surface area contributed by atoms with E-state index in [-0.39, 0.29) is 29.0 Å². The van der Waals surface area contributed by atoms with Crippen LogP contribution in [-0.4, -0.2) is 36.9 Å². The number of hydrogen-bond donors (Lipinski definition) is 1. The lowest BCUT2D eigenvalue weighted by Gasteiger charge is -2.51. The highest BCUT2D eigenvalue weighted by Gasteiger charge is 2.64. The summed E-state index contributed by atoms with van der Waals surface area (Å²) in [5, 5.41) is 3.59. The zero-order valence-corrected chi connectivity index (χ0v) is 17.1. The Morgan fingerprint density at radius 1 is 1.36 bits per heavy atom. The van der Waals surface area contributed by atoms with Crippen LogP contribution >= 0.6 is 0 Å². The Bertz CT molecular complexity index is 712. The van der Waals surface area contributed by atoms with Gasteiger partial charge in [0, 0.05) is 24.9 Å². The maximum atomic E-state index is 12.7. The summed E-state index contributed by atoms with van der Waals surface area (Å²) in [5.41, 5.74) is 0.396. The predicted molar refractivity (Wildman–Crippen MR) is 105 cm³/mol. The van der Waals surface area contributed by atoms with Crippen LogP contribution in [0.15, 0.2) is 22.8 Å². The number of nitrogens with one attached hydrogen (secondary N) is 1. The van der Waals surface area contributed by atoms with E-state index < -0.39 is 0 Å². The summed E-state index contributed by atoms with van der Waals surface area (Å²) in [5.74, 6) is 1.94. The summed E-state index contributed by atoms with van der Waals surface area (Å²) in [6, 6.07) is 4.30. The molecule has 2 aliphatic carbocycles. The number of carbonyl (C=O) groups is 1. The molecule has 0 radical (unpaired) electrons. The van der Waals surface area contributed by atoms with Crippen LogP contribution in [-0.2, 0) is 20.7 Å². The molecule has 1 aromatic heterocycles. The summed E-state index contributed by atoms with van der Waals surface area (Å²) >= 11 is 0. The first-order valence-electron chi connectivity index (χ1n) is 11.1. The van der Waals surface area contributed by atoms with E-state index in [0.717, 1.165) is 44.6 Å². The zero-order valence-electron chi connectivity index (χ0n) is 17.1. The molecule has 4 fully saturated rings. The van der Waals surface area contributed by atoms with E-state index in [2.05, 4.69) is 19.2 Å². The molecule has 2 saturated carbocycles. The van der Waals surface area contributed by atoms with Crippen molar-refractivity contribution in [2.45, 2.75) is 76.5 Å². The van der Waals surface area contributed by atoms with Crippen LogP contribution in [0.2, 0.25) is 0 Å². The number of aryl methyl sites for hydroxylation is 1. The molecule has 154 valence electrons. The molecular weight excluding hydrogens is 354 g/mol. The second-order valence-electron chi connectivity index (χ2n) is 10.0. The van der Waals surface area contributed by atoms with E-state index in [1.54, 1.807) is 6.26 Å². The molecule has 0 bridgehead atoms. The molecule has 5 nitrogen and oxygen atoms in total. The molecule has 4 aliphatic rings. The number of ether oxygens (including phenoxy) is 2. The van der Waals surface area contributed by atoms with Crippen molar-refractivity contribution in [2.24, 2.45) is 23.2 Å². The third-order valence-corrected chi connectivity index (χ3v) is 8.17. The molecule has 3 heterocycles. The summed E-state index contributed by atoms with van der Waals surface area (Å²) in [6.45, 7) is 6.24. The number of hydrogen-bond acceptors (Lipinski definition) is 5. The van der Waals surface area contributed by atoms with Crippen LogP contribution in [0.5, 0.6) is 0 Å². The topological polar surface area (TPSA) is 64.0 Å². The lowest BCUT2D eigenvalue weighted by molar-refractivity contribution is -0.147. The molecule has 5 heteroatoms. The highest BCUT2D eigenvalue weighted by molar-refractivity contribution is 5.75. The van der Waals surface area contributed by atoms with Crippen molar-refractivity contribution in [1.82, 2.24) is 5.32 Å². The average Bonchev–Trinajstić information content (AvgIpc) is 3.11. The Labute approximate surface area is 167 Å². The standard InChI is InChI=1S/C23H33NO4/c1-15(6-7-16-5-3-10-26-16)24-13-18-17-11-20-22(2,12-19(17)28-21(18)25)8-4-9-23(20)14-27-23/h3,5,10,15,17-20,24H,4,6-9,11-14H2,1-2H3/t15-,17-,18-,19+,20-,22+,23-/m0/s1. The van der Waals surface area contributed by atoms with Crippen molar-refractivity contribution in [2.75, 3.05) is 13.2 Å². The quantitative estimate of drug-likeness (QED) is 0.595. The van der Waals surface area contributed by atoms with Gasteiger partial charge in [0.05, 0.1) is 24.4 Å². The SMILES string of the molecule is C[C@@H](CCc1ccco1)NC[C@@H]1C(=O)O[C@@H]2C[C@@]3(C)CCC[C@]4(CO4)[C@H]3C[C@@H]12. The first-order chi connectivity index (χ1) is 13.5. The van der Waals surface area contributed by atoms with Crippen LogP contribution in [0.4, 0.5) is 0 Å². The first kappa shape index (κ1) is 18.7. The van der Waals surface area contributed by atoms with Crippen molar-refractivity contribution in [1.29, 1.82) is 0 Å². The molecule has 2 saturated heterocycles. The Kier molecular flexibility index (Phi) is 4.59. The van der Waals surface area contributed by atoms with Crippen molar-refractivity contribution in [3.05, 3.63) is 24.2 Å². The minimum absolute atomic E-state index is 0.00810. The van der Waals surface area contributed by atoms with E-state index in [1.165, 1.54) is 19.3 Å². The molecule has 7 atom stereocenters. The maximum Gasteiger partial charge on any atom is 0.310 e. The van der Waals surface area contributed by atoms with Crippen LogP contribution < -0.4 is 5.32 Å². The molecule has 5 rings (SSSR count). The molecule has 1 aromatic rings. The van der Waals surface area contributed by atoms with Gasteiger partial charge in [0.25, 0.3) is 0 Å². The molecule has 0 unspecified atom stereocenters. The second-order valence-corrected chi connectivity index (χ2v) is 10.0. The number of carbonyl (C=O) groups excluding carboxylic acids is 1. The molecular formula is C23H33NO4. The van der Waals surface area contributed by atoms with Crippen molar-refractivity contribution >= 4 is 5.97 Å². The van der Waals surface area contributed by atoms with E-state index in [4.69, 9.17) is 13.9 Å². The van der Waals surface area contributed by atoms with E-state index >= 15 is 0 Å². The average molecular weight is 388 g/mol. The number of esters is 1. The van der Waals surface area contributed by atoms with E-state index in [0.29, 0.717) is 17.9 Å². The Morgan fingerprint density at radius 2 is 2.21 bits per heavy atom. The number of fused-ring (bicyclic) bond motifs is 3. The Morgan fingerprint density at radius 3 is 2.96 bits per heavy atom. The van der Waals surface area contributed by atoms with Gasteiger partial charge in [-0.05, 0) is 68.9 Å². The summed E-state index contributed by atoms with van der Waals surface area (Å²) in [4.78, 5) is 12.7. The second kappa shape index (κ2) is 6.88. The van der Waals surface area contributed by atoms with Gasteiger partial charge in [-0.1, -0.05) is 6.92 Å². The highest BCUT2D eigenvalue weighted by atomic mass is 16.6. The lowest BCUT2D eigenvalue weighted by Crippen LogP contribution is -2.51. The number of epoxide rings is 1. The molecule has 0 aromatic carbocycles. The smallest absolute Gasteiger partial charge is 0.310 e. The van der Waals surface area contributed by atoms with Crippen molar-refractivity contribution in [3.8, 4) is 0 Å². The fourth-order valence-corrected chi connectivity index (χ4v) is 6.43. The molecule has 28 heavy (non-hydrogen) atoms. The third kappa shape index (κ3) is 3.21. The molecule has 0 amide bonds. The maximum absolute atomic E-state index is 12.7. The van der Waals surface area contributed by atoms with Gasteiger partial charge in [-0.25, -0.2) is 0 Å². The fraction of sp³-hybridized carbons (Fsp3) is 0.783. The third-order valence-electron chi connectivity index (χ3n) is 8.17. The highest BCUT2D eigenvalue weighted by Crippen LogP contribution is 2.62. The van der Waals surface area contributed by atoms with Gasteiger partial charge in [0.15, 0.2) is 0 Å². The van der Waals surface area contributed by atoms with Gasteiger partial charge in [-0.2, -0.15) is 0 Å². The van der Waals surface area contributed by atoms with E-state index in [9.17, 15) is 4.79 Å². The Hall–Kier alpha value is -1.33. The lowest BCUT2D eigenvalue weighted by atomic mass is 9.53. The molecule has 1 N–H and O–H groups in total.